The lowest BCUT2D eigenvalue weighted by Gasteiger charge is -2.20. The molecule has 138 valence electrons. The van der Waals surface area contributed by atoms with E-state index in [4.69, 9.17) is 21.1 Å². The van der Waals surface area contributed by atoms with Crippen molar-refractivity contribution in [2.75, 3.05) is 13.2 Å². The smallest absolute Gasteiger partial charge is 0.343 e. The van der Waals surface area contributed by atoms with Crippen LogP contribution in [0.3, 0.4) is 0 Å². The quantitative estimate of drug-likeness (QED) is 0.746. The molecule has 0 unspecified atom stereocenters. The Bertz CT molecular complexity index is 851. The molecule has 0 atom stereocenters. The van der Waals surface area contributed by atoms with Crippen molar-refractivity contribution in [1.29, 1.82) is 0 Å². The largest absolute Gasteiger partial charge is 0.462 e. The number of rotatable bonds is 5. The Morgan fingerprint density at radius 1 is 0.923 bits per heavy atom. The number of esters is 2. The van der Waals surface area contributed by atoms with Crippen LogP contribution in [-0.4, -0.2) is 29.7 Å². The fourth-order valence-electron chi connectivity index (χ4n) is 2.79. The molecule has 1 aromatic heterocycles. The summed E-state index contributed by atoms with van der Waals surface area (Å²) in [5.41, 5.74) is 0.344. The van der Waals surface area contributed by atoms with E-state index in [0.717, 1.165) is 0 Å². The van der Waals surface area contributed by atoms with Gasteiger partial charge in [0.2, 0.25) is 5.43 Å². The predicted molar refractivity (Wildman–Crippen MR) is 98.4 cm³/mol. The van der Waals surface area contributed by atoms with E-state index < -0.39 is 17.4 Å². The topological polar surface area (TPSA) is 74.6 Å². The van der Waals surface area contributed by atoms with E-state index in [-0.39, 0.29) is 24.3 Å². The molecule has 7 heteroatoms. The molecule has 0 spiro atoms. The van der Waals surface area contributed by atoms with E-state index in [1.807, 2.05) is 0 Å². The van der Waals surface area contributed by atoms with Crippen LogP contribution in [0.25, 0.3) is 5.69 Å². The highest BCUT2D eigenvalue weighted by atomic mass is 35.5. The first-order valence-corrected chi connectivity index (χ1v) is 8.57. The van der Waals surface area contributed by atoms with Crippen LogP contribution in [0, 0.1) is 13.8 Å². The van der Waals surface area contributed by atoms with Gasteiger partial charge in [-0.05, 0) is 52.0 Å². The Hall–Kier alpha value is -2.60. The normalized spacial score (nSPS) is 10.5. The van der Waals surface area contributed by atoms with Crippen molar-refractivity contribution in [1.82, 2.24) is 4.57 Å². The van der Waals surface area contributed by atoms with Crippen molar-refractivity contribution in [3.05, 3.63) is 62.0 Å². The number of hydrogen-bond acceptors (Lipinski definition) is 5. The maximum Gasteiger partial charge on any atom is 0.343 e. The zero-order valence-electron chi connectivity index (χ0n) is 15.1. The minimum Gasteiger partial charge on any atom is -0.462 e. The van der Waals surface area contributed by atoms with Gasteiger partial charge in [0.1, 0.15) is 11.1 Å². The number of benzene rings is 1. The second-order valence-corrected chi connectivity index (χ2v) is 5.94. The van der Waals surface area contributed by atoms with Gasteiger partial charge in [-0.3, -0.25) is 4.79 Å². The monoisotopic (exact) mass is 377 g/mol. The molecule has 0 amide bonds. The lowest BCUT2D eigenvalue weighted by atomic mass is 10.0. The highest BCUT2D eigenvalue weighted by Gasteiger charge is 2.27. The van der Waals surface area contributed by atoms with Gasteiger partial charge in [-0.2, -0.15) is 0 Å². The maximum absolute atomic E-state index is 12.8. The molecule has 0 saturated carbocycles. The summed E-state index contributed by atoms with van der Waals surface area (Å²) in [4.78, 5) is 37.6. The van der Waals surface area contributed by atoms with Gasteiger partial charge >= 0.3 is 11.9 Å². The lowest BCUT2D eigenvalue weighted by molar-refractivity contribution is 0.0519. The first kappa shape index (κ1) is 19.7. The number of pyridine rings is 1. The summed E-state index contributed by atoms with van der Waals surface area (Å²) >= 11 is 5.94. The summed E-state index contributed by atoms with van der Waals surface area (Å²) in [7, 11) is 0. The summed E-state index contributed by atoms with van der Waals surface area (Å²) in [6.45, 7) is 6.77. The third-order valence-electron chi connectivity index (χ3n) is 3.89. The van der Waals surface area contributed by atoms with Gasteiger partial charge in [0, 0.05) is 22.1 Å². The maximum atomic E-state index is 12.8. The molecule has 26 heavy (non-hydrogen) atoms. The third-order valence-corrected chi connectivity index (χ3v) is 4.14. The van der Waals surface area contributed by atoms with Crippen molar-refractivity contribution < 1.29 is 19.1 Å². The zero-order valence-corrected chi connectivity index (χ0v) is 15.8. The Kier molecular flexibility index (Phi) is 6.21. The number of nitrogens with zero attached hydrogens (tertiary/aromatic N) is 1. The molecular weight excluding hydrogens is 358 g/mol. The van der Waals surface area contributed by atoms with Crippen LogP contribution in [0.4, 0.5) is 0 Å². The fourth-order valence-corrected chi connectivity index (χ4v) is 2.92. The van der Waals surface area contributed by atoms with Gasteiger partial charge < -0.3 is 14.0 Å². The van der Waals surface area contributed by atoms with E-state index in [1.165, 1.54) is 0 Å². The van der Waals surface area contributed by atoms with Gasteiger partial charge in [-0.25, -0.2) is 9.59 Å². The molecular formula is C19H20ClNO5. The average Bonchev–Trinajstić information content (AvgIpc) is 2.57. The lowest BCUT2D eigenvalue weighted by Crippen LogP contribution is -2.31. The molecule has 0 bridgehead atoms. The summed E-state index contributed by atoms with van der Waals surface area (Å²) < 4.78 is 11.7. The minimum atomic E-state index is -0.775. The minimum absolute atomic E-state index is 0.112. The highest BCUT2D eigenvalue weighted by molar-refractivity contribution is 6.30. The summed E-state index contributed by atoms with van der Waals surface area (Å²) in [6, 6.07) is 6.83. The Labute approximate surface area is 156 Å². The zero-order chi connectivity index (χ0) is 19.4. The van der Waals surface area contributed by atoms with Crippen molar-refractivity contribution in [2.24, 2.45) is 0 Å². The van der Waals surface area contributed by atoms with E-state index in [9.17, 15) is 14.4 Å². The molecule has 0 aliphatic heterocycles. The standard InChI is InChI=1S/C19H20ClNO5/c1-5-25-18(23)15-11(3)21(14-9-7-13(20)8-10-14)12(4)16(17(15)22)19(24)26-6-2/h7-10H,5-6H2,1-4H3. The Balaban J connectivity index is 2.86. The van der Waals surface area contributed by atoms with E-state index >= 15 is 0 Å². The molecule has 2 rings (SSSR count). The number of carbonyl (C=O) groups is 2. The SMILES string of the molecule is CCOC(=O)c1c(C)n(-c2ccc(Cl)cc2)c(C)c(C(=O)OCC)c1=O. The van der Waals surface area contributed by atoms with Crippen LogP contribution in [0.1, 0.15) is 46.0 Å². The van der Waals surface area contributed by atoms with Gasteiger partial charge in [0.25, 0.3) is 0 Å². The number of halogens is 1. The van der Waals surface area contributed by atoms with E-state index in [2.05, 4.69) is 0 Å². The molecule has 0 radical (unpaired) electrons. The number of hydrogen-bond donors (Lipinski definition) is 0. The third kappa shape index (κ3) is 3.65. The first-order valence-electron chi connectivity index (χ1n) is 8.19. The van der Waals surface area contributed by atoms with Gasteiger partial charge in [-0.1, -0.05) is 11.6 Å². The molecule has 6 nitrogen and oxygen atoms in total. The van der Waals surface area contributed by atoms with Gasteiger partial charge in [-0.15, -0.1) is 0 Å². The molecule has 0 N–H and O–H groups in total. The summed E-state index contributed by atoms with van der Waals surface area (Å²) in [5, 5.41) is 0.543. The molecule has 0 saturated heterocycles. The first-order chi connectivity index (χ1) is 12.3. The van der Waals surface area contributed by atoms with Crippen molar-refractivity contribution in [2.45, 2.75) is 27.7 Å². The average molecular weight is 378 g/mol. The molecule has 1 heterocycles. The summed E-state index contributed by atoms with van der Waals surface area (Å²) in [6.07, 6.45) is 0. The predicted octanol–water partition coefficient (Wildman–Crippen LogP) is 3.46. The van der Waals surface area contributed by atoms with Crippen molar-refractivity contribution in [3.8, 4) is 5.69 Å². The van der Waals surface area contributed by atoms with Gasteiger partial charge in [0.15, 0.2) is 0 Å². The second-order valence-electron chi connectivity index (χ2n) is 5.50. The van der Waals surface area contributed by atoms with E-state index in [0.29, 0.717) is 22.1 Å². The number of carbonyl (C=O) groups excluding carboxylic acids is 2. The molecule has 0 fully saturated rings. The number of ether oxygens (including phenoxy) is 2. The van der Waals surface area contributed by atoms with Gasteiger partial charge in [0.05, 0.1) is 13.2 Å². The van der Waals surface area contributed by atoms with Crippen LogP contribution in [0.5, 0.6) is 0 Å². The van der Waals surface area contributed by atoms with Crippen LogP contribution in [-0.2, 0) is 9.47 Å². The fraction of sp³-hybridized carbons (Fsp3) is 0.316. The highest BCUT2D eigenvalue weighted by Crippen LogP contribution is 2.21. The van der Waals surface area contributed by atoms with Crippen LogP contribution in [0.2, 0.25) is 5.02 Å². The van der Waals surface area contributed by atoms with Crippen LogP contribution in [0.15, 0.2) is 29.1 Å². The summed E-state index contributed by atoms with van der Waals surface area (Å²) in [5.74, 6) is -1.55. The van der Waals surface area contributed by atoms with E-state index in [1.54, 1.807) is 56.5 Å². The van der Waals surface area contributed by atoms with Crippen molar-refractivity contribution in [3.63, 3.8) is 0 Å². The Morgan fingerprint density at radius 3 is 1.73 bits per heavy atom. The van der Waals surface area contributed by atoms with Crippen LogP contribution >= 0.6 is 11.6 Å². The molecule has 1 aromatic carbocycles. The van der Waals surface area contributed by atoms with Crippen molar-refractivity contribution >= 4 is 23.5 Å². The molecule has 0 aliphatic carbocycles. The Morgan fingerprint density at radius 2 is 1.35 bits per heavy atom. The molecule has 2 aromatic rings. The molecule has 0 aliphatic rings. The number of aromatic nitrogens is 1. The van der Waals surface area contributed by atoms with Crippen LogP contribution < -0.4 is 5.43 Å². The second kappa shape index (κ2) is 8.19.